The first-order valence-corrected chi connectivity index (χ1v) is 7.90. The average molecular weight is 313 g/mol. The first-order valence-electron chi connectivity index (χ1n) is 6.98. The number of methoxy groups -OCH3 is 1. The van der Waals surface area contributed by atoms with Crippen LogP contribution in [0.5, 0.6) is 5.75 Å². The van der Waals surface area contributed by atoms with Crippen molar-refractivity contribution in [2.45, 2.75) is 50.8 Å². The third-order valence-corrected chi connectivity index (χ3v) is 4.64. The lowest BCUT2D eigenvalue weighted by molar-refractivity contribution is 0.401. The van der Waals surface area contributed by atoms with Gasteiger partial charge in [-0.2, -0.15) is 0 Å². The molecule has 0 fully saturated rings. The molecule has 0 spiro atoms. The summed E-state index contributed by atoms with van der Waals surface area (Å²) in [4.78, 5) is 0.547. The smallest absolute Gasteiger partial charge is 0.122 e. The van der Waals surface area contributed by atoms with Crippen molar-refractivity contribution in [1.29, 1.82) is 0 Å². The molecular formula is C16H25BrO. The molecule has 0 heterocycles. The topological polar surface area (TPSA) is 9.23 Å². The molecule has 18 heavy (non-hydrogen) atoms. The van der Waals surface area contributed by atoms with Gasteiger partial charge in [0.05, 0.1) is 7.11 Å². The fraction of sp³-hybridized carbons (Fsp3) is 0.625. The summed E-state index contributed by atoms with van der Waals surface area (Å²) in [5.41, 5.74) is 1.30. The highest BCUT2D eigenvalue weighted by molar-refractivity contribution is 9.09. The van der Waals surface area contributed by atoms with Crippen molar-refractivity contribution in [2.24, 2.45) is 5.92 Å². The summed E-state index contributed by atoms with van der Waals surface area (Å²) in [7, 11) is 1.75. The molecule has 0 aliphatic heterocycles. The predicted octanol–water partition coefficient (Wildman–Crippen LogP) is 5.22. The van der Waals surface area contributed by atoms with Gasteiger partial charge in [-0.25, -0.2) is 0 Å². The Hall–Kier alpha value is -0.500. The molecule has 0 bridgehead atoms. The summed E-state index contributed by atoms with van der Waals surface area (Å²) in [6.45, 7) is 4.55. The van der Waals surface area contributed by atoms with E-state index in [1.54, 1.807) is 7.11 Å². The van der Waals surface area contributed by atoms with Crippen LogP contribution in [0.1, 0.15) is 45.1 Å². The largest absolute Gasteiger partial charge is 0.496 e. The molecule has 2 heteroatoms. The number of unbranched alkanes of at least 4 members (excludes halogenated alkanes) is 1. The second-order valence-electron chi connectivity index (χ2n) is 4.84. The normalized spacial score (nSPS) is 14.2. The van der Waals surface area contributed by atoms with Gasteiger partial charge in [0.1, 0.15) is 5.75 Å². The molecule has 0 saturated carbocycles. The van der Waals surface area contributed by atoms with Crippen molar-refractivity contribution < 1.29 is 4.74 Å². The van der Waals surface area contributed by atoms with E-state index in [9.17, 15) is 0 Å². The summed E-state index contributed by atoms with van der Waals surface area (Å²) in [5, 5.41) is 0. The Kier molecular flexibility index (Phi) is 7.41. The number of halogens is 1. The van der Waals surface area contributed by atoms with Gasteiger partial charge in [0.25, 0.3) is 0 Å². The summed E-state index contributed by atoms with van der Waals surface area (Å²) in [5.74, 6) is 1.77. The molecule has 0 saturated heterocycles. The SMILES string of the molecule is CCCCC(CC)C(Br)Cc1ccccc1OC. The molecule has 0 N–H and O–H groups in total. The van der Waals surface area contributed by atoms with Gasteiger partial charge in [-0.05, 0) is 30.4 Å². The third kappa shape index (κ3) is 4.64. The summed E-state index contributed by atoms with van der Waals surface area (Å²) in [6.07, 6.45) is 6.22. The monoisotopic (exact) mass is 312 g/mol. The fourth-order valence-electron chi connectivity index (χ4n) is 2.36. The number of benzene rings is 1. The van der Waals surface area contributed by atoms with Crippen LogP contribution < -0.4 is 4.74 Å². The first kappa shape index (κ1) is 15.6. The van der Waals surface area contributed by atoms with Crippen LogP contribution in [0.15, 0.2) is 24.3 Å². The van der Waals surface area contributed by atoms with Crippen LogP contribution in [0.4, 0.5) is 0 Å². The minimum atomic E-state index is 0.547. The highest BCUT2D eigenvalue weighted by Gasteiger charge is 2.18. The van der Waals surface area contributed by atoms with Crippen LogP contribution in [-0.4, -0.2) is 11.9 Å². The van der Waals surface area contributed by atoms with E-state index in [4.69, 9.17) is 4.74 Å². The Morgan fingerprint density at radius 1 is 1.22 bits per heavy atom. The molecule has 1 rings (SSSR count). The van der Waals surface area contributed by atoms with Gasteiger partial charge in [-0.15, -0.1) is 0 Å². The van der Waals surface area contributed by atoms with E-state index in [1.165, 1.54) is 31.2 Å². The second kappa shape index (κ2) is 8.58. The lowest BCUT2D eigenvalue weighted by Crippen LogP contribution is -2.16. The fourth-order valence-corrected chi connectivity index (χ4v) is 3.34. The Balaban J connectivity index is 2.63. The van der Waals surface area contributed by atoms with E-state index in [2.05, 4.69) is 41.9 Å². The molecule has 0 amide bonds. The molecule has 1 aromatic carbocycles. The van der Waals surface area contributed by atoms with Crippen LogP contribution >= 0.6 is 15.9 Å². The van der Waals surface area contributed by atoms with E-state index in [-0.39, 0.29) is 0 Å². The molecule has 102 valence electrons. The highest BCUT2D eigenvalue weighted by atomic mass is 79.9. The maximum atomic E-state index is 5.42. The van der Waals surface area contributed by atoms with Gasteiger partial charge in [0.15, 0.2) is 0 Å². The predicted molar refractivity (Wildman–Crippen MR) is 82.7 cm³/mol. The zero-order valence-electron chi connectivity index (χ0n) is 11.8. The summed E-state index contributed by atoms with van der Waals surface area (Å²) < 4.78 is 5.42. The van der Waals surface area contributed by atoms with Crippen molar-refractivity contribution >= 4 is 15.9 Å². The van der Waals surface area contributed by atoms with Crippen molar-refractivity contribution in [2.75, 3.05) is 7.11 Å². The van der Waals surface area contributed by atoms with Crippen molar-refractivity contribution in [3.8, 4) is 5.75 Å². The number of para-hydroxylation sites is 1. The Morgan fingerprint density at radius 2 is 1.94 bits per heavy atom. The van der Waals surface area contributed by atoms with Gasteiger partial charge in [0, 0.05) is 4.83 Å². The lowest BCUT2D eigenvalue weighted by Gasteiger charge is -2.22. The van der Waals surface area contributed by atoms with E-state index in [1.807, 2.05) is 12.1 Å². The van der Waals surface area contributed by atoms with Gasteiger partial charge in [-0.3, -0.25) is 0 Å². The van der Waals surface area contributed by atoms with Crippen molar-refractivity contribution in [3.05, 3.63) is 29.8 Å². The minimum Gasteiger partial charge on any atom is -0.496 e. The Bertz CT molecular complexity index is 338. The van der Waals surface area contributed by atoms with Crippen LogP contribution in [0.25, 0.3) is 0 Å². The van der Waals surface area contributed by atoms with Crippen LogP contribution in [0.2, 0.25) is 0 Å². The molecule has 1 nitrogen and oxygen atoms in total. The molecule has 2 atom stereocenters. The zero-order valence-corrected chi connectivity index (χ0v) is 13.4. The van der Waals surface area contributed by atoms with E-state index in [0.717, 1.165) is 18.1 Å². The van der Waals surface area contributed by atoms with E-state index in [0.29, 0.717) is 4.83 Å². The molecule has 1 aromatic rings. The van der Waals surface area contributed by atoms with Gasteiger partial charge < -0.3 is 4.74 Å². The minimum absolute atomic E-state index is 0.547. The average Bonchev–Trinajstić information content (AvgIpc) is 2.40. The molecule has 0 aliphatic carbocycles. The number of ether oxygens (including phenoxy) is 1. The molecule has 2 unspecified atom stereocenters. The molecule has 0 aliphatic rings. The van der Waals surface area contributed by atoms with Crippen molar-refractivity contribution in [3.63, 3.8) is 0 Å². The third-order valence-electron chi connectivity index (χ3n) is 3.57. The van der Waals surface area contributed by atoms with Gasteiger partial charge >= 0.3 is 0 Å². The molecule has 0 radical (unpaired) electrons. The molecular weight excluding hydrogens is 288 g/mol. The first-order chi connectivity index (χ1) is 8.72. The van der Waals surface area contributed by atoms with Crippen molar-refractivity contribution in [1.82, 2.24) is 0 Å². The Morgan fingerprint density at radius 3 is 2.56 bits per heavy atom. The molecule has 0 aromatic heterocycles. The second-order valence-corrected chi connectivity index (χ2v) is 6.02. The van der Waals surface area contributed by atoms with Gasteiger partial charge in [0.2, 0.25) is 0 Å². The van der Waals surface area contributed by atoms with Gasteiger partial charge in [-0.1, -0.05) is 67.2 Å². The number of alkyl halides is 1. The van der Waals surface area contributed by atoms with Crippen LogP contribution in [-0.2, 0) is 6.42 Å². The zero-order chi connectivity index (χ0) is 13.4. The Labute approximate surface area is 120 Å². The van der Waals surface area contributed by atoms with Crippen LogP contribution in [0.3, 0.4) is 0 Å². The number of hydrogen-bond donors (Lipinski definition) is 0. The number of rotatable bonds is 8. The maximum absolute atomic E-state index is 5.42. The maximum Gasteiger partial charge on any atom is 0.122 e. The van der Waals surface area contributed by atoms with Crippen LogP contribution in [0, 0.1) is 5.92 Å². The summed E-state index contributed by atoms with van der Waals surface area (Å²) >= 11 is 3.88. The standard InChI is InChI=1S/C16H25BrO/c1-4-6-9-13(5-2)15(17)12-14-10-7-8-11-16(14)18-3/h7-8,10-11,13,15H,4-6,9,12H2,1-3H3. The lowest BCUT2D eigenvalue weighted by atomic mass is 9.92. The highest BCUT2D eigenvalue weighted by Crippen LogP contribution is 2.29. The van der Waals surface area contributed by atoms with E-state index >= 15 is 0 Å². The number of hydrogen-bond acceptors (Lipinski definition) is 1. The summed E-state index contributed by atoms with van der Waals surface area (Å²) in [6, 6.07) is 8.33. The quantitative estimate of drug-likeness (QED) is 0.598. The van der Waals surface area contributed by atoms with E-state index < -0.39 is 0 Å².